The van der Waals surface area contributed by atoms with E-state index in [9.17, 15) is 27.9 Å². The van der Waals surface area contributed by atoms with Gasteiger partial charge in [-0.1, -0.05) is 0 Å². The summed E-state index contributed by atoms with van der Waals surface area (Å²) in [6.07, 6.45) is -3.52. The molecule has 2 aromatic heterocycles. The summed E-state index contributed by atoms with van der Waals surface area (Å²) in [5, 5.41) is 25.4. The summed E-state index contributed by atoms with van der Waals surface area (Å²) in [7, 11) is 1.42. The first kappa shape index (κ1) is 24.5. The standard InChI is InChI=1S/C21H25F3N6O6/c1-30-14(2-11(29-30)5-35-21(22,23)24)17(32)25-16-4-13(27-28-16)15-3-12(6-34-15)36-18(33)26-20-7-19(8-20,9-20)10-31/h2,4,12,15,31H,3,5-10H2,1H3,(H,26,33)(H2,25,27,28,32)/t12-,15-,19?,20?/m1/s1. The number of H-pyrrole nitrogens is 1. The van der Waals surface area contributed by atoms with Crippen molar-refractivity contribution in [1.82, 2.24) is 25.3 Å². The molecule has 0 spiro atoms. The zero-order chi connectivity index (χ0) is 25.7. The Morgan fingerprint density at radius 2 is 2.08 bits per heavy atom. The van der Waals surface area contributed by atoms with Gasteiger partial charge in [-0.2, -0.15) is 10.2 Å². The van der Waals surface area contributed by atoms with Gasteiger partial charge in [-0.15, -0.1) is 13.2 Å². The fourth-order valence-electron chi connectivity index (χ4n) is 5.30. The number of nitrogens with zero attached hydrogens (tertiary/aromatic N) is 3. The number of hydrogen-bond donors (Lipinski definition) is 4. The fourth-order valence-corrected chi connectivity index (χ4v) is 5.30. The van der Waals surface area contributed by atoms with Crippen LogP contribution in [0.3, 0.4) is 0 Å². The number of halogens is 3. The first-order valence-electron chi connectivity index (χ1n) is 11.3. The third-order valence-electron chi connectivity index (χ3n) is 6.81. The second kappa shape index (κ2) is 8.74. The number of aromatic amines is 1. The van der Waals surface area contributed by atoms with Crippen molar-refractivity contribution >= 4 is 17.8 Å². The number of aliphatic hydroxyl groups excluding tert-OH is 1. The smallest absolute Gasteiger partial charge is 0.444 e. The normalized spacial score (nSPS) is 28.8. The third kappa shape index (κ3) is 4.90. The summed E-state index contributed by atoms with van der Waals surface area (Å²) < 4.78 is 52.7. The van der Waals surface area contributed by atoms with Crippen molar-refractivity contribution < 1.29 is 42.1 Å². The van der Waals surface area contributed by atoms with Gasteiger partial charge in [-0.3, -0.25) is 19.3 Å². The molecule has 1 aliphatic heterocycles. The van der Waals surface area contributed by atoms with Crippen LogP contribution in [0.15, 0.2) is 12.1 Å². The van der Waals surface area contributed by atoms with Crippen LogP contribution in [0.2, 0.25) is 0 Å². The molecule has 0 aromatic carbocycles. The second-order valence-corrected chi connectivity index (χ2v) is 9.72. The largest absolute Gasteiger partial charge is 0.522 e. The van der Waals surface area contributed by atoms with Gasteiger partial charge < -0.3 is 25.2 Å². The number of alkyl halides is 3. The van der Waals surface area contributed by atoms with Crippen LogP contribution in [0.4, 0.5) is 23.8 Å². The minimum absolute atomic E-state index is 0.0190. The number of hydrogen-bond acceptors (Lipinski definition) is 8. The predicted octanol–water partition coefficient (Wildman–Crippen LogP) is 1.90. The van der Waals surface area contributed by atoms with Gasteiger partial charge in [-0.25, -0.2) is 4.79 Å². The second-order valence-electron chi connectivity index (χ2n) is 9.72. The van der Waals surface area contributed by atoms with Crippen LogP contribution in [0.25, 0.3) is 0 Å². The summed E-state index contributed by atoms with van der Waals surface area (Å²) in [5.41, 5.74) is 0.244. The lowest BCUT2D eigenvalue weighted by Gasteiger charge is -2.69. The highest BCUT2D eigenvalue weighted by atomic mass is 19.4. The Labute approximate surface area is 202 Å². The van der Waals surface area contributed by atoms with E-state index in [4.69, 9.17) is 9.47 Å². The molecule has 2 atom stereocenters. The third-order valence-corrected chi connectivity index (χ3v) is 6.81. The minimum Gasteiger partial charge on any atom is -0.444 e. The summed E-state index contributed by atoms with van der Waals surface area (Å²) in [6, 6.07) is 2.75. The number of amides is 2. The SMILES string of the molecule is Cn1nc(COC(F)(F)F)cc1C(=O)Nc1cc([C@H]2C[C@@H](OC(=O)NC34CC(CO)(C3)C4)CO2)[nH]n1. The molecule has 196 valence electrons. The van der Waals surface area contributed by atoms with Crippen molar-refractivity contribution in [2.45, 2.75) is 56.4 Å². The summed E-state index contributed by atoms with van der Waals surface area (Å²) in [6.45, 7) is -0.484. The molecule has 2 amide bonds. The Bertz CT molecular complexity index is 1140. The maximum atomic E-state index is 12.5. The van der Waals surface area contributed by atoms with Gasteiger partial charge in [0.15, 0.2) is 5.82 Å². The van der Waals surface area contributed by atoms with Crippen LogP contribution in [-0.2, 0) is 27.9 Å². The number of rotatable bonds is 8. The monoisotopic (exact) mass is 514 g/mol. The Morgan fingerprint density at radius 3 is 2.78 bits per heavy atom. The summed E-state index contributed by atoms with van der Waals surface area (Å²) in [4.78, 5) is 24.8. The lowest BCUT2D eigenvalue weighted by molar-refractivity contribution is -0.330. The number of anilines is 1. The van der Waals surface area contributed by atoms with Crippen molar-refractivity contribution in [2.75, 3.05) is 18.5 Å². The summed E-state index contributed by atoms with van der Waals surface area (Å²) >= 11 is 0. The predicted molar refractivity (Wildman–Crippen MR) is 113 cm³/mol. The lowest BCUT2D eigenvalue weighted by atomic mass is 9.40. The van der Waals surface area contributed by atoms with Gasteiger partial charge in [0, 0.05) is 37.1 Å². The Kier molecular flexibility index (Phi) is 5.95. The van der Waals surface area contributed by atoms with E-state index in [1.807, 2.05) is 0 Å². The summed E-state index contributed by atoms with van der Waals surface area (Å²) in [5.74, 6) is -0.445. The molecule has 0 radical (unpaired) electrons. The van der Waals surface area contributed by atoms with Gasteiger partial charge in [-0.05, 0) is 25.3 Å². The number of carbonyl (C=O) groups excluding carboxylic acids is 2. The Morgan fingerprint density at radius 1 is 1.33 bits per heavy atom. The lowest BCUT2D eigenvalue weighted by Crippen LogP contribution is -2.75. The Balaban J connectivity index is 1.10. The van der Waals surface area contributed by atoms with Gasteiger partial charge in [0.1, 0.15) is 24.5 Å². The molecule has 0 unspecified atom stereocenters. The first-order valence-corrected chi connectivity index (χ1v) is 11.3. The van der Waals surface area contributed by atoms with Gasteiger partial charge in [0.25, 0.3) is 5.91 Å². The van der Waals surface area contributed by atoms with E-state index in [0.29, 0.717) is 12.1 Å². The van der Waals surface area contributed by atoms with Crippen molar-refractivity contribution in [3.8, 4) is 0 Å². The van der Waals surface area contributed by atoms with Gasteiger partial charge >= 0.3 is 12.5 Å². The number of ether oxygens (including phenoxy) is 3. The maximum absolute atomic E-state index is 12.5. The average Bonchev–Trinajstić information content (AvgIpc) is 3.47. The van der Waals surface area contributed by atoms with E-state index in [-0.39, 0.29) is 41.4 Å². The van der Waals surface area contributed by atoms with Gasteiger partial charge in [0.2, 0.25) is 0 Å². The van der Waals surface area contributed by atoms with Crippen LogP contribution in [0, 0.1) is 5.41 Å². The quantitative estimate of drug-likeness (QED) is 0.417. The van der Waals surface area contributed by atoms with E-state index in [1.165, 1.54) is 13.1 Å². The van der Waals surface area contributed by atoms with E-state index in [0.717, 1.165) is 23.9 Å². The van der Waals surface area contributed by atoms with Gasteiger partial charge in [0.05, 0.1) is 18.0 Å². The van der Waals surface area contributed by atoms with Crippen LogP contribution in [0.5, 0.6) is 0 Å². The zero-order valence-corrected chi connectivity index (χ0v) is 19.2. The van der Waals surface area contributed by atoms with Crippen LogP contribution >= 0.6 is 0 Å². The zero-order valence-electron chi connectivity index (χ0n) is 19.2. The number of aromatic nitrogens is 4. The molecule has 3 heterocycles. The van der Waals surface area contributed by atoms with Crippen LogP contribution in [-0.4, -0.2) is 68.3 Å². The molecule has 4 aliphatic rings. The molecule has 2 bridgehead atoms. The maximum Gasteiger partial charge on any atom is 0.522 e. The fraction of sp³-hybridized carbons (Fsp3) is 0.619. The highest BCUT2D eigenvalue weighted by molar-refractivity contribution is 6.02. The molecule has 3 aliphatic carbocycles. The molecule has 4 N–H and O–H groups in total. The number of alkyl carbamates (subject to hydrolysis) is 1. The number of aliphatic hydroxyl groups is 1. The van der Waals surface area contributed by atoms with Crippen molar-refractivity contribution in [3.63, 3.8) is 0 Å². The van der Waals surface area contributed by atoms with E-state index >= 15 is 0 Å². The highest BCUT2D eigenvalue weighted by Gasteiger charge is 2.68. The van der Waals surface area contributed by atoms with Crippen LogP contribution < -0.4 is 10.6 Å². The molecular weight excluding hydrogens is 489 g/mol. The molecule has 3 saturated carbocycles. The van der Waals surface area contributed by atoms with E-state index < -0.39 is 37.2 Å². The van der Waals surface area contributed by atoms with E-state index in [2.05, 4.69) is 30.7 Å². The van der Waals surface area contributed by atoms with Crippen molar-refractivity contribution in [3.05, 3.63) is 29.2 Å². The average molecular weight is 514 g/mol. The highest BCUT2D eigenvalue weighted by Crippen LogP contribution is 2.66. The number of carbonyl (C=O) groups is 2. The molecule has 2 aromatic rings. The molecule has 1 saturated heterocycles. The Hall–Kier alpha value is -3.17. The molecule has 12 nitrogen and oxygen atoms in total. The first-order chi connectivity index (χ1) is 17.0. The minimum atomic E-state index is -4.80. The van der Waals surface area contributed by atoms with Crippen LogP contribution in [0.1, 0.15) is 53.7 Å². The van der Waals surface area contributed by atoms with E-state index in [1.54, 1.807) is 6.07 Å². The topological polar surface area (TPSA) is 153 Å². The van der Waals surface area contributed by atoms with Crippen molar-refractivity contribution in [2.24, 2.45) is 12.5 Å². The molecular formula is C21H25F3N6O6. The molecule has 36 heavy (non-hydrogen) atoms. The number of nitrogens with one attached hydrogen (secondary N) is 3. The van der Waals surface area contributed by atoms with Crippen molar-refractivity contribution in [1.29, 1.82) is 0 Å². The number of aryl methyl sites for hydroxylation is 1. The molecule has 15 heteroatoms. The molecule has 6 rings (SSSR count). The molecule has 4 fully saturated rings.